The number of allylic oxidation sites excluding steroid dienone is 2. The van der Waals surface area contributed by atoms with E-state index in [4.69, 9.17) is 9.47 Å². The highest BCUT2D eigenvalue weighted by Gasteiger charge is 2.25. The van der Waals surface area contributed by atoms with E-state index in [1.807, 2.05) is 60.7 Å². The number of benzene rings is 2. The molecule has 3 unspecified atom stereocenters. The number of hydrogen-bond acceptors (Lipinski definition) is 6. The largest absolute Gasteiger partial charge is 0.463 e. The van der Waals surface area contributed by atoms with Crippen molar-refractivity contribution in [2.24, 2.45) is 5.92 Å². The van der Waals surface area contributed by atoms with Crippen LogP contribution in [0, 0.1) is 5.92 Å². The molecule has 0 radical (unpaired) electrons. The summed E-state index contributed by atoms with van der Waals surface area (Å²) < 4.78 is 11.2. The Kier molecular flexibility index (Phi) is 15.7. The molecule has 2 rings (SSSR count). The second-order valence-corrected chi connectivity index (χ2v) is 9.63. The summed E-state index contributed by atoms with van der Waals surface area (Å²) in [6.07, 6.45) is 5.61. The molecular weight excluding hydrogens is 508 g/mol. The van der Waals surface area contributed by atoms with Gasteiger partial charge in [0.2, 0.25) is 11.8 Å². The van der Waals surface area contributed by atoms with Crippen LogP contribution in [0.2, 0.25) is 0 Å². The van der Waals surface area contributed by atoms with E-state index >= 15 is 0 Å². The topological polar surface area (TPSA) is 114 Å². The molecule has 2 aromatic carbocycles. The molecule has 216 valence electrons. The summed E-state index contributed by atoms with van der Waals surface area (Å²) in [5.41, 5.74) is 1.96. The molecule has 2 aromatic rings. The zero-order valence-corrected chi connectivity index (χ0v) is 23.1. The Balaban J connectivity index is 1.97. The molecule has 0 bridgehead atoms. The fourth-order valence-electron chi connectivity index (χ4n) is 4.05. The standard InChI is InChI=1S/C32H42N2O6/c1-3-5-8-18-31(37)40-24-29(23-39-22-26-16-11-7-12-17-26)34-32(38)27(13-4-2)20-30(36)33-28(21-35)19-25-14-9-6-10-15-25/h3-4,6-7,9-12,14-17,27-29,35H,1-2,5,8,13,18-24H2,(H,33,36)(H,34,38). The summed E-state index contributed by atoms with van der Waals surface area (Å²) in [5, 5.41) is 15.5. The van der Waals surface area contributed by atoms with Crippen molar-refractivity contribution in [3.8, 4) is 0 Å². The van der Waals surface area contributed by atoms with E-state index in [0.29, 0.717) is 25.9 Å². The lowest BCUT2D eigenvalue weighted by atomic mass is 9.98. The molecule has 40 heavy (non-hydrogen) atoms. The maximum absolute atomic E-state index is 13.2. The summed E-state index contributed by atoms with van der Waals surface area (Å²) in [7, 11) is 0. The third-order valence-electron chi connectivity index (χ3n) is 6.18. The number of amides is 2. The van der Waals surface area contributed by atoms with Crippen molar-refractivity contribution in [1.82, 2.24) is 10.6 Å². The first-order valence-corrected chi connectivity index (χ1v) is 13.7. The number of aliphatic hydroxyl groups is 1. The van der Waals surface area contributed by atoms with Crippen LogP contribution in [0.3, 0.4) is 0 Å². The zero-order valence-electron chi connectivity index (χ0n) is 23.1. The minimum absolute atomic E-state index is 0.0515. The van der Waals surface area contributed by atoms with Gasteiger partial charge in [-0.15, -0.1) is 13.2 Å². The smallest absolute Gasteiger partial charge is 0.305 e. The van der Waals surface area contributed by atoms with Gasteiger partial charge in [0, 0.05) is 12.8 Å². The van der Waals surface area contributed by atoms with Crippen LogP contribution in [-0.2, 0) is 36.9 Å². The van der Waals surface area contributed by atoms with Gasteiger partial charge in [-0.3, -0.25) is 14.4 Å². The number of aliphatic hydroxyl groups excluding tert-OH is 1. The third-order valence-corrected chi connectivity index (χ3v) is 6.18. The number of rotatable bonds is 20. The summed E-state index contributed by atoms with van der Waals surface area (Å²) in [6.45, 7) is 7.56. The molecule has 3 N–H and O–H groups in total. The van der Waals surface area contributed by atoms with Gasteiger partial charge < -0.3 is 25.2 Å². The van der Waals surface area contributed by atoms with E-state index in [1.54, 1.807) is 12.2 Å². The average molecular weight is 551 g/mol. The predicted molar refractivity (Wildman–Crippen MR) is 155 cm³/mol. The molecule has 0 aliphatic heterocycles. The Hall–Kier alpha value is -3.75. The van der Waals surface area contributed by atoms with Crippen molar-refractivity contribution in [2.45, 2.75) is 57.2 Å². The number of nitrogens with one attached hydrogen (secondary N) is 2. The van der Waals surface area contributed by atoms with Gasteiger partial charge in [-0.05, 0) is 36.8 Å². The molecule has 0 heterocycles. The summed E-state index contributed by atoms with van der Waals surface area (Å²) in [5.74, 6) is -1.76. The van der Waals surface area contributed by atoms with Crippen molar-refractivity contribution in [3.63, 3.8) is 0 Å². The summed E-state index contributed by atoms with van der Waals surface area (Å²) in [6, 6.07) is 18.1. The molecule has 0 spiro atoms. The van der Waals surface area contributed by atoms with Gasteiger partial charge in [-0.2, -0.15) is 0 Å². The van der Waals surface area contributed by atoms with Gasteiger partial charge in [-0.25, -0.2) is 0 Å². The van der Waals surface area contributed by atoms with Crippen molar-refractivity contribution >= 4 is 17.8 Å². The minimum atomic E-state index is -0.687. The number of unbranched alkanes of at least 4 members (excludes halogenated alkanes) is 1. The van der Waals surface area contributed by atoms with Crippen molar-refractivity contribution in [1.29, 1.82) is 0 Å². The molecule has 0 fully saturated rings. The number of ether oxygens (including phenoxy) is 2. The van der Waals surface area contributed by atoms with Crippen molar-refractivity contribution in [2.75, 3.05) is 19.8 Å². The van der Waals surface area contributed by atoms with Gasteiger partial charge in [-0.1, -0.05) is 72.8 Å². The molecule has 3 atom stereocenters. The molecule has 2 amide bonds. The fraction of sp³-hybridized carbons (Fsp3) is 0.406. The number of carbonyl (C=O) groups is 3. The second kappa shape index (κ2) is 19.3. The van der Waals surface area contributed by atoms with Gasteiger partial charge in [0.25, 0.3) is 0 Å². The van der Waals surface area contributed by atoms with E-state index in [2.05, 4.69) is 23.8 Å². The fourth-order valence-corrected chi connectivity index (χ4v) is 4.05. The van der Waals surface area contributed by atoms with Crippen LogP contribution < -0.4 is 10.6 Å². The average Bonchev–Trinajstić information content (AvgIpc) is 2.96. The molecular formula is C32H42N2O6. The Morgan fingerprint density at radius 1 is 0.875 bits per heavy atom. The van der Waals surface area contributed by atoms with E-state index in [1.165, 1.54) is 0 Å². The maximum Gasteiger partial charge on any atom is 0.305 e. The van der Waals surface area contributed by atoms with E-state index in [0.717, 1.165) is 11.1 Å². The van der Waals surface area contributed by atoms with E-state index in [9.17, 15) is 19.5 Å². The molecule has 0 aliphatic rings. The second-order valence-electron chi connectivity index (χ2n) is 9.63. The SMILES string of the molecule is C=CCCCC(=O)OCC(COCc1ccccc1)NC(=O)C(CC=C)CC(=O)NC(CO)Cc1ccccc1. The Labute approximate surface area is 237 Å². The highest BCUT2D eigenvalue weighted by molar-refractivity contribution is 5.86. The Morgan fingerprint density at radius 2 is 1.55 bits per heavy atom. The lowest BCUT2D eigenvalue weighted by Crippen LogP contribution is -2.46. The molecule has 8 nitrogen and oxygen atoms in total. The first-order valence-electron chi connectivity index (χ1n) is 13.7. The Bertz CT molecular complexity index is 1040. The van der Waals surface area contributed by atoms with Crippen LogP contribution >= 0.6 is 0 Å². The van der Waals surface area contributed by atoms with Crippen molar-refractivity contribution in [3.05, 3.63) is 97.1 Å². The van der Waals surface area contributed by atoms with Gasteiger partial charge in [0.15, 0.2) is 0 Å². The summed E-state index contributed by atoms with van der Waals surface area (Å²) in [4.78, 5) is 38.2. The molecule has 8 heteroatoms. The minimum Gasteiger partial charge on any atom is -0.463 e. The number of hydrogen-bond donors (Lipinski definition) is 3. The number of carbonyl (C=O) groups excluding carboxylic acids is 3. The van der Waals surface area contributed by atoms with Crippen LogP contribution in [0.5, 0.6) is 0 Å². The quantitative estimate of drug-likeness (QED) is 0.131. The zero-order chi connectivity index (χ0) is 29.0. The van der Waals surface area contributed by atoms with Crippen LogP contribution in [0.15, 0.2) is 86.0 Å². The van der Waals surface area contributed by atoms with Crippen LogP contribution in [0.4, 0.5) is 0 Å². The molecule has 0 aromatic heterocycles. The monoisotopic (exact) mass is 550 g/mol. The molecule has 0 saturated carbocycles. The van der Waals surface area contributed by atoms with E-state index in [-0.39, 0.29) is 56.9 Å². The van der Waals surface area contributed by atoms with E-state index < -0.39 is 18.0 Å². The summed E-state index contributed by atoms with van der Waals surface area (Å²) >= 11 is 0. The van der Waals surface area contributed by atoms with Gasteiger partial charge in [0.1, 0.15) is 6.61 Å². The Morgan fingerprint density at radius 3 is 2.17 bits per heavy atom. The first kappa shape index (κ1) is 32.5. The lowest BCUT2D eigenvalue weighted by molar-refractivity contribution is -0.146. The maximum atomic E-state index is 13.2. The highest BCUT2D eigenvalue weighted by Crippen LogP contribution is 2.12. The first-order chi connectivity index (χ1) is 19.4. The van der Waals surface area contributed by atoms with Gasteiger partial charge >= 0.3 is 5.97 Å². The lowest BCUT2D eigenvalue weighted by Gasteiger charge is -2.23. The number of esters is 1. The van der Waals surface area contributed by atoms with Crippen LogP contribution in [0.25, 0.3) is 0 Å². The van der Waals surface area contributed by atoms with Crippen molar-refractivity contribution < 1.29 is 29.0 Å². The van der Waals surface area contributed by atoms with Crippen LogP contribution in [0.1, 0.15) is 43.2 Å². The van der Waals surface area contributed by atoms with Crippen LogP contribution in [-0.4, -0.2) is 54.8 Å². The molecule has 0 aliphatic carbocycles. The molecule has 0 saturated heterocycles. The highest BCUT2D eigenvalue weighted by atomic mass is 16.5. The van der Waals surface area contributed by atoms with Gasteiger partial charge in [0.05, 0.1) is 37.8 Å². The third kappa shape index (κ3) is 13.4. The predicted octanol–water partition coefficient (Wildman–Crippen LogP) is 3.89. The normalized spacial score (nSPS) is 12.9.